The van der Waals surface area contributed by atoms with Crippen LogP contribution in [0.4, 0.5) is 0 Å². The van der Waals surface area contributed by atoms with E-state index in [-0.39, 0.29) is 31.0 Å². The third-order valence-corrected chi connectivity index (χ3v) is 7.82. The van der Waals surface area contributed by atoms with Crippen molar-refractivity contribution in [3.63, 3.8) is 0 Å². The van der Waals surface area contributed by atoms with Gasteiger partial charge in [0.05, 0.1) is 5.02 Å². The summed E-state index contributed by atoms with van der Waals surface area (Å²) in [5.41, 5.74) is 1.51. The predicted molar refractivity (Wildman–Crippen MR) is 153 cm³/mol. The summed E-state index contributed by atoms with van der Waals surface area (Å²) in [6, 6.07) is 21.1. The summed E-state index contributed by atoms with van der Waals surface area (Å²) in [5.74, 6) is -0.180. The third-order valence-electron chi connectivity index (χ3n) is 6.80. The molecule has 0 bridgehead atoms. The lowest BCUT2D eigenvalue weighted by Crippen LogP contribution is -2.53. The summed E-state index contributed by atoms with van der Waals surface area (Å²) in [6.45, 7) is -0.243. The van der Waals surface area contributed by atoms with Crippen molar-refractivity contribution in [3.8, 4) is 5.75 Å². The summed E-state index contributed by atoms with van der Waals surface area (Å²) < 4.78 is 5.79. The molecule has 0 radical (unpaired) electrons. The van der Waals surface area contributed by atoms with Crippen LogP contribution in [0.15, 0.2) is 72.8 Å². The highest BCUT2D eigenvalue weighted by Crippen LogP contribution is 2.28. The minimum Gasteiger partial charge on any atom is -0.482 e. The van der Waals surface area contributed by atoms with Crippen LogP contribution >= 0.6 is 34.8 Å². The van der Waals surface area contributed by atoms with Crippen LogP contribution < -0.4 is 10.1 Å². The van der Waals surface area contributed by atoms with E-state index in [1.54, 1.807) is 42.5 Å². The number of hydrogen-bond donors (Lipinski definition) is 1. The van der Waals surface area contributed by atoms with Crippen LogP contribution in [0.25, 0.3) is 0 Å². The molecule has 1 aliphatic rings. The van der Waals surface area contributed by atoms with E-state index in [1.165, 1.54) is 11.3 Å². The second-order valence-corrected chi connectivity index (χ2v) is 10.7. The van der Waals surface area contributed by atoms with Gasteiger partial charge in [-0.1, -0.05) is 103 Å². The summed E-state index contributed by atoms with van der Waals surface area (Å²) in [5, 5.41) is 4.46. The highest BCUT2D eigenvalue weighted by Gasteiger charge is 2.33. The van der Waals surface area contributed by atoms with E-state index in [0.29, 0.717) is 32.8 Å². The first kappa shape index (κ1) is 28.3. The fourth-order valence-electron chi connectivity index (χ4n) is 4.74. The van der Waals surface area contributed by atoms with E-state index in [4.69, 9.17) is 39.5 Å². The van der Waals surface area contributed by atoms with E-state index in [1.807, 2.05) is 30.3 Å². The monoisotopic (exact) mass is 572 g/mol. The molecular formula is C30H31Cl3N2O3. The van der Waals surface area contributed by atoms with Crippen molar-refractivity contribution in [1.29, 1.82) is 0 Å². The van der Waals surface area contributed by atoms with Gasteiger partial charge in [0.15, 0.2) is 6.61 Å². The molecule has 1 N–H and O–H groups in total. The largest absolute Gasteiger partial charge is 0.482 e. The smallest absolute Gasteiger partial charge is 0.261 e. The Bertz CT molecular complexity index is 1210. The second kappa shape index (κ2) is 13.9. The zero-order valence-corrected chi connectivity index (χ0v) is 23.3. The van der Waals surface area contributed by atoms with Gasteiger partial charge in [0.1, 0.15) is 11.8 Å². The van der Waals surface area contributed by atoms with Crippen molar-refractivity contribution < 1.29 is 14.3 Å². The van der Waals surface area contributed by atoms with Crippen LogP contribution in [0.2, 0.25) is 15.1 Å². The molecule has 0 saturated heterocycles. The molecule has 0 spiro atoms. The van der Waals surface area contributed by atoms with Gasteiger partial charge in [-0.2, -0.15) is 0 Å². The second-order valence-electron chi connectivity index (χ2n) is 9.49. The van der Waals surface area contributed by atoms with Crippen molar-refractivity contribution in [2.24, 2.45) is 0 Å². The van der Waals surface area contributed by atoms with Crippen molar-refractivity contribution in [3.05, 3.63) is 99.0 Å². The van der Waals surface area contributed by atoms with Gasteiger partial charge in [0.2, 0.25) is 5.91 Å². The molecule has 3 aromatic rings. The molecule has 200 valence electrons. The lowest BCUT2D eigenvalue weighted by Gasteiger charge is -2.33. The van der Waals surface area contributed by atoms with Gasteiger partial charge < -0.3 is 15.0 Å². The van der Waals surface area contributed by atoms with E-state index >= 15 is 0 Å². The van der Waals surface area contributed by atoms with Gasteiger partial charge in [-0.3, -0.25) is 9.59 Å². The number of nitrogens with zero attached hydrogens (tertiary/aromatic N) is 1. The fraction of sp³-hybridized carbons (Fsp3) is 0.333. The molecule has 1 unspecified atom stereocenters. The Balaban J connectivity index is 1.65. The van der Waals surface area contributed by atoms with Crippen molar-refractivity contribution in [2.75, 3.05) is 6.61 Å². The molecule has 1 saturated carbocycles. The maximum absolute atomic E-state index is 13.8. The average Bonchev–Trinajstić information content (AvgIpc) is 2.92. The molecular weight excluding hydrogens is 543 g/mol. The van der Waals surface area contributed by atoms with E-state index in [2.05, 4.69) is 5.32 Å². The first-order chi connectivity index (χ1) is 18.4. The SMILES string of the molecule is O=C(NC1CCCCC1)C(Cc1ccccc1)N(Cc1c(Cl)cccc1Cl)C(=O)COc1ccccc1Cl. The molecule has 1 atom stereocenters. The normalized spacial score (nSPS) is 14.5. The van der Waals surface area contributed by atoms with Crippen LogP contribution in [0, 0.1) is 0 Å². The summed E-state index contributed by atoms with van der Waals surface area (Å²) in [7, 11) is 0. The maximum atomic E-state index is 13.8. The molecule has 1 fully saturated rings. The Labute approximate surface area is 239 Å². The van der Waals surface area contributed by atoms with Crippen LogP contribution in [-0.2, 0) is 22.6 Å². The van der Waals surface area contributed by atoms with Crippen molar-refractivity contribution in [2.45, 2.75) is 57.2 Å². The third kappa shape index (κ3) is 7.66. The number of benzene rings is 3. The van der Waals surface area contributed by atoms with Gasteiger partial charge in [-0.15, -0.1) is 0 Å². The summed E-state index contributed by atoms with van der Waals surface area (Å²) in [6.07, 6.45) is 5.54. The number of para-hydroxylation sites is 1. The Morgan fingerprint density at radius 1 is 0.842 bits per heavy atom. The van der Waals surface area contributed by atoms with Gasteiger partial charge in [-0.25, -0.2) is 0 Å². The molecule has 1 aliphatic carbocycles. The van der Waals surface area contributed by atoms with Crippen LogP contribution in [0.5, 0.6) is 5.75 Å². The highest BCUT2D eigenvalue weighted by molar-refractivity contribution is 6.36. The zero-order chi connectivity index (χ0) is 26.9. The van der Waals surface area contributed by atoms with Crippen molar-refractivity contribution >= 4 is 46.6 Å². The van der Waals surface area contributed by atoms with E-state index in [0.717, 1.165) is 31.2 Å². The molecule has 4 rings (SSSR count). The molecule has 0 aliphatic heterocycles. The predicted octanol–water partition coefficient (Wildman–Crippen LogP) is 7.11. The highest BCUT2D eigenvalue weighted by atomic mass is 35.5. The zero-order valence-electron chi connectivity index (χ0n) is 21.0. The number of ether oxygens (including phenoxy) is 1. The quantitative estimate of drug-likeness (QED) is 0.281. The number of halogens is 3. The van der Waals surface area contributed by atoms with E-state index < -0.39 is 6.04 Å². The number of amides is 2. The molecule has 2 amide bonds. The minimum absolute atomic E-state index is 0.0544. The van der Waals surface area contributed by atoms with Crippen LogP contribution in [-0.4, -0.2) is 35.4 Å². The lowest BCUT2D eigenvalue weighted by atomic mass is 9.94. The Morgan fingerprint density at radius 3 is 2.16 bits per heavy atom. The van der Waals surface area contributed by atoms with Crippen LogP contribution in [0.3, 0.4) is 0 Å². The standard InChI is InChI=1S/C30H31Cl3N2O3/c31-24-15-9-16-25(32)23(24)19-35(29(36)20-38-28-17-8-7-14-26(28)33)27(18-21-10-3-1-4-11-21)30(37)34-22-12-5-2-6-13-22/h1,3-4,7-11,14-17,22,27H,2,5-6,12-13,18-20H2,(H,34,37). The molecule has 8 heteroatoms. The van der Waals surface area contributed by atoms with E-state index in [9.17, 15) is 9.59 Å². The number of rotatable bonds is 10. The van der Waals surface area contributed by atoms with Gasteiger partial charge >= 0.3 is 0 Å². The Hall–Kier alpha value is -2.73. The summed E-state index contributed by atoms with van der Waals surface area (Å²) in [4.78, 5) is 29.1. The number of carbonyl (C=O) groups excluding carboxylic acids is 2. The topological polar surface area (TPSA) is 58.6 Å². The maximum Gasteiger partial charge on any atom is 0.261 e. The van der Waals surface area contributed by atoms with Gasteiger partial charge in [0, 0.05) is 34.6 Å². The molecule has 0 heterocycles. The Kier molecular flexibility index (Phi) is 10.3. The number of carbonyl (C=O) groups is 2. The number of hydrogen-bond acceptors (Lipinski definition) is 3. The number of nitrogens with one attached hydrogen (secondary N) is 1. The first-order valence-electron chi connectivity index (χ1n) is 12.9. The molecule has 0 aromatic heterocycles. The van der Waals surface area contributed by atoms with Crippen LogP contribution in [0.1, 0.15) is 43.2 Å². The fourth-order valence-corrected chi connectivity index (χ4v) is 5.44. The van der Waals surface area contributed by atoms with Gasteiger partial charge in [0.25, 0.3) is 5.91 Å². The Morgan fingerprint density at radius 2 is 1.47 bits per heavy atom. The molecule has 5 nitrogen and oxygen atoms in total. The lowest BCUT2D eigenvalue weighted by molar-refractivity contribution is -0.143. The van der Waals surface area contributed by atoms with Crippen molar-refractivity contribution in [1.82, 2.24) is 10.2 Å². The molecule has 38 heavy (non-hydrogen) atoms. The average molecular weight is 574 g/mol. The molecule has 3 aromatic carbocycles. The first-order valence-corrected chi connectivity index (χ1v) is 14.0. The minimum atomic E-state index is -0.797. The van der Waals surface area contributed by atoms with Gasteiger partial charge in [-0.05, 0) is 42.7 Å². The summed E-state index contributed by atoms with van der Waals surface area (Å²) >= 11 is 19.2.